The molecule has 3 heteroatoms. The van der Waals surface area contributed by atoms with Gasteiger partial charge in [-0.2, -0.15) is 0 Å². The summed E-state index contributed by atoms with van der Waals surface area (Å²) in [5.41, 5.74) is 0. The first-order chi connectivity index (χ1) is 17.1. The van der Waals surface area contributed by atoms with Gasteiger partial charge in [0.1, 0.15) is 6.61 Å². The van der Waals surface area contributed by atoms with E-state index in [-0.39, 0.29) is 5.97 Å². The van der Waals surface area contributed by atoms with Crippen molar-refractivity contribution in [1.82, 2.24) is 4.90 Å². The van der Waals surface area contributed by atoms with E-state index in [9.17, 15) is 4.79 Å². The Hall–Kier alpha value is -0.830. The van der Waals surface area contributed by atoms with Crippen LogP contribution < -0.4 is 0 Å². The van der Waals surface area contributed by atoms with Crippen molar-refractivity contribution in [3.05, 3.63) is 12.2 Å². The Morgan fingerprint density at radius 2 is 1.17 bits per heavy atom. The number of nitrogens with zero attached hydrogens (tertiary/aromatic N) is 1. The molecule has 0 aromatic heterocycles. The highest BCUT2D eigenvalue weighted by molar-refractivity contribution is 5.69. The predicted molar refractivity (Wildman–Crippen MR) is 155 cm³/mol. The lowest BCUT2D eigenvalue weighted by Crippen LogP contribution is -2.18. The summed E-state index contributed by atoms with van der Waals surface area (Å²) < 4.78 is 5.46. The van der Waals surface area contributed by atoms with Crippen LogP contribution in [0, 0.1) is 5.92 Å². The van der Waals surface area contributed by atoms with Crippen molar-refractivity contribution in [3.63, 3.8) is 0 Å². The van der Waals surface area contributed by atoms with Crippen molar-refractivity contribution in [2.75, 3.05) is 27.2 Å². The molecule has 1 atom stereocenters. The number of carbonyl (C=O) groups excluding carboxylic acids is 1. The molecule has 0 aliphatic rings. The highest BCUT2D eigenvalue weighted by Crippen LogP contribution is 2.21. The first-order valence-corrected chi connectivity index (χ1v) is 15.5. The number of esters is 1. The van der Waals surface area contributed by atoms with Gasteiger partial charge in [-0.3, -0.25) is 4.79 Å². The Morgan fingerprint density at radius 1 is 0.657 bits per heavy atom. The van der Waals surface area contributed by atoms with Crippen LogP contribution in [-0.2, 0) is 9.53 Å². The van der Waals surface area contributed by atoms with Gasteiger partial charge in [0.15, 0.2) is 0 Å². The van der Waals surface area contributed by atoms with Gasteiger partial charge in [0, 0.05) is 6.42 Å². The van der Waals surface area contributed by atoms with Crippen molar-refractivity contribution < 1.29 is 9.53 Å². The van der Waals surface area contributed by atoms with E-state index in [2.05, 4.69) is 38.9 Å². The number of rotatable bonds is 27. The van der Waals surface area contributed by atoms with E-state index in [4.69, 9.17) is 4.74 Å². The van der Waals surface area contributed by atoms with E-state index < -0.39 is 0 Å². The van der Waals surface area contributed by atoms with Gasteiger partial charge in [-0.05, 0) is 52.2 Å². The molecule has 0 saturated carbocycles. The summed E-state index contributed by atoms with van der Waals surface area (Å²) in [7, 11) is 4.29. The molecule has 0 amide bonds. The average Bonchev–Trinajstić information content (AvgIpc) is 2.84. The fourth-order valence-electron chi connectivity index (χ4n) is 4.73. The molecule has 0 bridgehead atoms. The molecule has 0 heterocycles. The van der Waals surface area contributed by atoms with Crippen molar-refractivity contribution in [3.8, 4) is 0 Å². The SMILES string of the molecule is CCCCCCCCCC/C=C\COC(=O)CCC(CCCCCCCCCCC)CCN(C)C. The maximum absolute atomic E-state index is 12.2. The van der Waals surface area contributed by atoms with Crippen molar-refractivity contribution >= 4 is 5.97 Å². The van der Waals surface area contributed by atoms with Crippen LogP contribution in [0.15, 0.2) is 12.2 Å². The summed E-state index contributed by atoms with van der Waals surface area (Å²) in [6, 6.07) is 0. The van der Waals surface area contributed by atoms with Crippen LogP contribution in [-0.4, -0.2) is 38.1 Å². The van der Waals surface area contributed by atoms with Gasteiger partial charge in [-0.25, -0.2) is 0 Å². The zero-order valence-electron chi connectivity index (χ0n) is 24.5. The Labute approximate surface area is 220 Å². The van der Waals surface area contributed by atoms with E-state index in [1.165, 1.54) is 122 Å². The third-order valence-electron chi connectivity index (χ3n) is 7.19. The van der Waals surface area contributed by atoms with Crippen molar-refractivity contribution in [2.24, 2.45) is 5.92 Å². The summed E-state index contributed by atoms with van der Waals surface area (Å²) in [6.45, 7) is 6.10. The average molecular weight is 494 g/mol. The minimum absolute atomic E-state index is 0.0244. The van der Waals surface area contributed by atoms with Crippen LogP contribution in [0.1, 0.15) is 155 Å². The number of hydrogen-bond acceptors (Lipinski definition) is 3. The second-order valence-electron chi connectivity index (χ2n) is 11.0. The molecule has 0 N–H and O–H groups in total. The molecule has 0 aromatic carbocycles. The van der Waals surface area contributed by atoms with E-state index in [1.807, 2.05) is 6.08 Å². The molecular weight excluding hydrogens is 430 g/mol. The van der Waals surface area contributed by atoms with Crippen LogP contribution in [0.3, 0.4) is 0 Å². The fourth-order valence-corrected chi connectivity index (χ4v) is 4.73. The van der Waals surface area contributed by atoms with Gasteiger partial charge in [-0.1, -0.05) is 135 Å². The lowest BCUT2D eigenvalue weighted by atomic mass is 9.92. The standard InChI is InChI=1S/C32H63NO2/c1-5-7-9-11-13-15-16-18-20-22-24-30-35-32(34)27-26-31(28-29-33(3)4)25-23-21-19-17-14-12-10-8-6-2/h22,24,31H,5-21,23,25-30H2,1-4H3/b24-22-. The summed E-state index contributed by atoms with van der Waals surface area (Å²) in [5, 5.41) is 0. The molecule has 0 aliphatic heterocycles. The van der Waals surface area contributed by atoms with Gasteiger partial charge < -0.3 is 9.64 Å². The van der Waals surface area contributed by atoms with Crippen LogP contribution in [0.2, 0.25) is 0 Å². The summed E-state index contributed by atoms with van der Waals surface area (Å²) in [5.74, 6) is 0.621. The largest absolute Gasteiger partial charge is 0.461 e. The first-order valence-electron chi connectivity index (χ1n) is 15.5. The van der Waals surface area contributed by atoms with Crippen LogP contribution in [0.5, 0.6) is 0 Å². The number of ether oxygens (including phenoxy) is 1. The Morgan fingerprint density at radius 3 is 1.71 bits per heavy atom. The monoisotopic (exact) mass is 493 g/mol. The summed E-state index contributed by atoms with van der Waals surface area (Å²) in [4.78, 5) is 14.5. The maximum atomic E-state index is 12.2. The maximum Gasteiger partial charge on any atom is 0.306 e. The molecule has 0 rings (SSSR count). The van der Waals surface area contributed by atoms with Gasteiger partial charge in [-0.15, -0.1) is 0 Å². The summed E-state index contributed by atoms with van der Waals surface area (Å²) >= 11 is 0. The minimum Gasteiger partial charge on any atom is -0.461 e. The summed E-state index contributed by atoms with van der Waals surface area (Å²) in [6.07, 6.45) is 32.5. The smallest absolute Gasteiger partial charge is 0.306 e. The van der Waals surface area contributed by atoms with Crippen LogP contribution in [0.4, 0.5) is 0 Å². The van der Waals surface area contributed by atoms with Gasteiger partial charge in [0.05, 0.1) is 0 Å². The number of unbranched alkanes of at least 4 members (excludes halogenated alkanes) is 16. The third kappa shape index (κ3) is 27.6. The van der Waals surface area contributed by atoms with E-state index in [0.717, 1.165) is 19.4 Å². The second kappa shape index (κ2) is 27.8. The molecule has 35 heavy (non-hydrogen) atoms. The van der Waals surface area contributed by atoms with Gasteiger partial charge >= 0.3 is 5.97 Å². The fraction of sp³-hybridized carbons (Fsp3) is 0.906. The third-order valence-corrected chi connectivity index (χ3v) is 7.19. The Bertz CT molecular complexity index is 460. The molecule has 0 fully saturated rings. The quantitative estimate of drug-likeness (QED) is 0.0647. The molecule has 0 aromatic rings. The van der Waals surface area contributed by atoms with E-state index in [0.29, 0.717) is 18.9 Å². The second-order valence-corrected chi connectivity index (χ2v) is 11.0. The lowest BCUT2D eigenvalue weighted by Gasteiger charge is -2.19. The molecule has 3 nitrogen and oxygen atoms in total. The minimum atomic E-state index is -0.0244. The zero-order chi connectivity index (χ0) is 25.8. The molecule has 0 aliphatic carbocycles. The van der Waals surface area contributed by atoms with Crippen LogP contribution in [0.25, 0.3) is 0 Å². The molecule has 0 saturated heterocycles. The van der Waals surface area contributed by atoms with Gasteiger partial charge in [0.25, 0.3) is 0 Å². The predicted octanol–water partition coefficient (Wildman–Crippen LogP) is 9.89. The van der Waals surface area contributed by atoms with Crippen LogP contribution >= 0.6 is 0 Å². The lowest BCUT2D eigenvalue weighted by molar-refractivity contribution is -0.142. The Kier molecular flexibility index (Phi) is 27.1. The van der Waals surface area contributed by atoms with Crippen molar-refractivity contribution in [2.45, 2.75) is 155 Å². The molecular formula is C32H63NO2. The number of hydrogen-bond donors (Lipinski definition) is 0. The van der Waals surface area contributed by atoms with Crippen molar-refractivity contribution in [1.29, 1.82) is 0 Å². The zero-order valence-corrected chi connectivity index (χ0v) is 24.5. The number of carbonyl (C=O) groups is 1. The normalized spacial score (nSPS) is 12.6. The van der Waals surface area contributed by atoms with Gasteiger partial charge in [0.2, 0.25) is 0 Å². The first kappa shape index (κ1) is 34.2. The molecule has 0 radical (unpaired) electrons. The highest BCUT2D eigenvalue weighted by Gasteiger charge is 2.12. The van der Waals surface area contributed by atoms with E-state index >= 15 is 0 Å². The Balaban J connectivity index is 3.82. The highest BCUT2D eigenvalue weighted by atomic mass is 16.5. The molecule has 0 spiro atoms. The molecule has 1 unspecified atom stereocenters. The molecule has 208 valence electrons. The number of allylic oxidation sites excluding steroid dienone is 1. The van der Waals surface area contributed by atoms with E-state index in [1.54, 1.807) is 0 Å². The topological polar surface area (TPSA) is 29.5 Å².